The van der Waals surface area contributed by atoms with Gasteiger partial charge in [0, 0.05) is 32.5 Å². The topological polar surface area (TPSA) is 42.2 Å². The van der Waals surface area contributed by atoms with Crippen LogP contribution in [0, 0.1) is 0 Å². The molecule has 1 heterocycles. The number of hydrogen-bond acceptors (Lipinski definition) is 3. The summed E-state index contributed by atoms with van der Waals surface area (Å²) in [5.74, 6) is 0. The molecule has 60 valence electrons. The lowest BCUT2D eigenvalue weighted by molar-refractivity contribution is 0.981. The summed E-state index contributed by atoms with van der Waals surface area (Å²) in [6.07, 6.45) is 1.78. The molecule has 0 aliphatic rings. The number of anilines is 1. The lowest BCUT2D eigenvalue weighted by atomic mass is 10.3. The number of rotatable bonds is 2. The molecule has 0 saturated heterocycles. The molecule has 0 fully saturated rings. The Morgan fingerprint density at radius 3 is 2.82 bits per heavy atom. The van der Waals surface area contributed by atoms with E-state index in [0.29, 0.717) is 6.54 Å². The van der Waals surface area contributed by atoms with Gasteiger partial charge in [-0.25, -0.2) is 0 Å². The van der Waals surface area contributed by atoms with Crippen LogP contribution in [0.15, 0.2) is 18.3 Å². The van der Waals surface area contributed by atoms with Crippen LogP contribution >= 0.6 is 0 Å². The van der Waals surface area contributed by atoms with Crippen molar-refractivity contribution in [3.8, 4) is 0 Å². The molecule has 3 nitrogen and oxygen atoms in total. The third-order valence-corrected chi connectivity index (χ3v) is 1.53. The third kappa shape index (κ3) is 1.91. The molecular weight excluding hydrogens is 138 g/mol. The summed E-state index contributed by atoms with van der Waals surface area (Å²) in [5.41, 5.74) is 7.50. The van der Waals surface area contributed by atoms with Gasteiger partial charge in [0.25, 0.3) is 0 Å². The van der Waals surface area contributed by atoms with Gasteiger partial charge in [-0.2, -0.15) is 0 Å². The smallest absolute Gasteiger partial charge is 0.0560 e. The Morgan fingerprint density at radius 2 is 2.27 bits per heavy atom. The van der Waals surface area contributed by atoms with E-state index >= 15 is 0 Å². The highest BCUT2D eigenvalue weighted by Crippen LogP contribution is 2.09. The zero-order valence-electron chi connectivity index (χ0n) is 6.91. The van der Waals surface area contributed by atoms with E-state index in [0.717, 1.165) is 11.4 Å². The summed E-state index contributed by atoms with van der Waals surface area (Å²) in [6, 6.07) is 3.94. The first kappa shape index (κ1) is 8.01. The summed E-state index contributed by atoms with van der Waals surface area (Å²) in [4.78, 5) is 6.12. The molecule has 0 aliphatic carbocycles. The lowest BCUT2D eigenvalue weighted by Crippen LogP contribution is -2.10. The average Bonchev–Trinajstić information content (AvgIpc) is 2.05. The predicted molar refractivity (Wildman–Crippen MR) is 46.5 cm³/mol. The largest absolute Gasteiger partial charge is 0.378 e. The van der Waals surface area contributed by atoms with Crippen molar-refractivity contribution in [3.05, 3.63) is 24.0 Å². The van der Waals surface area contributed by atoms with E-state index in [1.54, 1.807) is 6.20 Å². The predicted octanol–water partition coefficient (Wildman–Crippen LogP) is 0.606. The number of hydrogen-bond donors (Lipinski definition) is 1. The van der Waals surface area contributed by atoms with E-state index in [4.69, 9.17) is 5.73 Å². The first-order valence-electron chi connectivity index (χ1n) is 3.56. The van der Waals surface area contributed by atoms with Crippen molar-refractivity contribution in [1.82, 2.24) is 4.98 Å². The van der Waals surface area contributed by atoms with Gasteiger partial charge < -0.3 is 10.6 Å². The van der Waals surface area contributed by atoms with Gasteiger partial charge in [-0.15, -0.1) is 0 Å². The Balaban J connectivity index is 2.91. The van der Waals surface area contributed by atoms with Crippen LogP contribution < -0.4 is 10.6 Å². The molecule has 0 bridgehead atoms. The van der Waals surface area contributed by atoms with Crippen molar-refractivity contribution in [2.45, 2.75) is 6.54 Å². The monoisotopic (exact) mass is 151 g/mol. The van der Waals surface area contributed by atoms with Crippen molar-refractivity contribution < 1.29 is 0 Å². The van der Waals surface area contributed by atoms with Gasteiger partial charge in [0.1, 0.15) is 0 Å². The second-order valence-corrected chi connectivity index (χ2v) is 2.60. The van der Waals surface area contributed by atoms with Crippen molar-refractivity contribution in [2.75, 3.05) is 19.0 Å². The highest BCUT2D eigenvalue weighted by atomic mass is 15.1. The van der Waals surface area contributed by atoms with Crippen LogP contribution in [0.5, 0.6) is 0 Å². The van der Waals surface area contributed by atoms with Crippen molar-refractivity contribution in [3.63, 3.8) is 0 Å². The molecular formula is C8H13N3. The Bertz CT molecular complexity index is 233. The summed E-state index contributed by atoms with van der Waals surface area (Å²) in [6.45, 7) is 0.502. The maximum Gasteiger partial charge on any atom is 0.0560 e. The van der Waals surface area contributed by atoms with E-state index in [1.165, 1.54) is 0 Å². The van der Waals surface area contributed by atoms with Crippen LogP contribution in [0.4, 0.5) is 5.69 Å². The first-order valence-corrected chi connectivity index (χ1v) is 3.56. The maximum atomic E-state index is 5.44. The van der Waals surface area contributed by atoms with Crippen LogP contribution in [0.2, 0.25) is 0 Å². The quantitative estimate of drug-likeness (QED) is 0.673. The number of nitrogens with two attached hydrogens (primary N) is 1. The van der Waals surface area contributed by atoms with Gasteiger partial charge in [0.15, 0.2) is 0 Å². The van der Waals surface area contributed by atoms with Crippen molar-refractivity contribution in [2.24, 2.45) is 5.73 Å². The number of pyridine rings is 1. The molecule has 0 aliphatic heterocycles. The fraction of sp³-hybridized carbons (Fsp3) is 0.375. The zero-order chi connectivity index (χ0) is 8.27. The average molecular weight is 151 g/mol. The van der Waals surface area contributed by atoms with Gasteiger partial charge in [-0.1, -0.05) is 0 Å². The highest BCUT2D eigenvalue weighted by Gasteiger charge is 1.95. The highest BCUT2D eigenvalue weighted by molar-refractivity contribution is 5.44. The molecule has 0 radical (unpaired) electrons. The second-order valence-electron chi connectivity index (χ2n) is 2.60. The molecule has 0 unspecified atom stereocenters. The molecule has 0 saturated carbocycles. The van der Waals surface area contributed by atoms with E-state index < -0.39 is 0 Å². The lowest BCUT2D eigenvalue weighted by Gasteiger charge is -2.12. The maximum absolute atomic E-state index is 5.44. The molecule has 1 rings (SSSR count). The number of nitrogens with zero attached hydrogens (tertiary/aromatic N) is 2. The van der Waals surface area contributed by atoms with Crippen LogP contribution in [0.1, 0.15) is 5.69 Å². The standard InChI is InChI=1S/C8H13N3/c1-11(2)8-3-4-10-7(5-8)6-9/h3-5H,6,9H2,1-2H3. The van der Waals surface area contributed by atoms with Crippen molar-refractivity contribution in [1.29, 1.82) is 0 Å². The van der Waals surface area contributed by atoms with Crippen LogP contribution in [0.25, 0.3) is 0 Å². The zero-order valence-corrected chi connectivity index (χ0v) is 6.91. The van der Waals surface area contributed by atoms with Gasteiger partial charge in [0.2, 0.25) is 0 Å². The molecule has 3 heteroatoms. The van der Waals surface area contributed by atoms with Gasteiger partial charge in [0.05, 0.1) is 5.69 Å². The summed E-state index contributed by atoms with van der Waals surface area (Å²) in [5, 5.41) is 0. The summed E-state index contributed by atoms with van der Waals surface area (Å²) >= 11 is 0. The van der Waals surface area contributed by atoms with E-state index in [9.17, 15) is 0 Å². The van der Waals surface area contributed by atoms with Crippen LogP contribution in [0.3, 0.4) is 0 Å². The fourth-order valence-electron chi connectivity index (χ4n) is 0.855. The summed E-state index contributed by atoms with van der Waals surface area (Å²) < 4.78 is 0. The Hall–Kier alpha value is -1.09. The van der Waals surface area contributed by atoms with Crippen LogP contribution in [-0.4, -0.2) is 19.1 Å². The SMILES string of the molecule is CN(C)c1ccnc(CN)c1. The van der Waals surface area contributed by atoms with E-state index in [1.807, 2.05) is 31.1 Å². The molecule has 11 heavy (non-hydrogen) atoms. The Morgan fingerprint density at radius 1 is 1.55 bits per heavy atom. The second kappa shape index (κ2) is 3.34. The molecule has 0 amide bonds. The van der Waals surface area contributed by atoms with Crippen molar-refractivity contribution >= 4 is 5.69 Å². The first-order chi connectivity index (χ1) is 5.24. The molecule has 0 spiro atoms. The summed E-state index contributed by atoms with van der Waals surface area (Å²) in [7, 11) is 3.99. The molecule has 0 aromatic carbocycles. The minimum Gasteiger partial charge on any atom is -0.378 e. The minimum absolute atomic E-state index is 0.502. The number of aromatic nitrogens is 1. The van der Waals surface area contributed by atoms with Crippen LogP contribution in [-0.2, 0) is 6.54 Å². The molecule has 1 aromatic heterocycles. The Kier molecular flexibility index (Phi) is 2.44. The fourth-order valence-corrected chi connectivity index (χ4v) is 0.855. The minimum atomic E-state index is 0.502. The van der Waals surface area contributed by atoms with Gasteiger partial charge in [-0.3, -0.25) is 4.98 Å². The molecule has 0 atom stereocenters. The molecule has 1 aromatic rings. The third-order valence-electron chi connectivity index (χ3n) is 1.53. The Labute approximate surface area is 66.8 Å². The van der Waals surface area contributed by atoms with E-state index in [2.05, 4.69) is 4.98 Å². The normalized spacial score (nSPS) is 9.73. The molecule has 2 N–H and O–H groups in total. The van der Waals surface area contributed by atoms with E-state index in [-0.39, 0.29) is 0 Å². The van der Waals surface area contributed by atoms with Gasteiger partial charge >= 0.3 is 0 Å². The van der Waals surface area contributed by atoms with Gasteiger partial charge in [-0.05, 0) is 12.1 Å².